The maximum atomic E-state index is 12.6. The van der Waals surface area contributed by atoms with Crippen molar-refractivity contribution in [1.29, 1.82) is 0 Å². The molecule has 0 aliphatic carbocycles. The highest BCUT2D eigenvalue weighted by Crippen LogP contribution is 2.24. The van der Waals surface area contributed by atoms with Gasteiger partial charge in [0.2, 0.25) is 5.91 Å². The highest BCUT2D eigenvalue weighted by atomic mass is 16.5. The van der Waals surface area contributed by atoms with E-state index < -0.39 is 0 Å². The number of nitrogens with zero attached hydrogens (tertiary/aromatic N) is 2. The van der Waals surface area contributed by atoms with Crippen molar-refractivity contribution in [2.75, 3.05) is 46.5 Å². The van der Waals surface area contributed by atoms with E-state index in [-0.39, 0.29) is 36.7 Å². The van der Waals surface area contributed by atoms with E-state index in [0.29, 0.717) is 30.9 Å². The van der Waals surface area contributed by atoms with E-state index in [2.05, 4.69) is 10.2 Å². The average Bonchev–Trinajstić information content (AvgIpc) is 3.08. The summed E-state index contributed by atoms with van der Waals surface area (Å²) in [7, 11) is 1.63. The van der Waals surface area contributed by atoms with Crippen LogP contribution >= 0.6 is 0 Å². The number of carbonyl (C=O) groups excluding carboxylic acids is 3. The zero-order valence-corrected chi connectivity index (χ0v) is 18.1. The quantitative estimate of drug-likeness (QED) is 0.635. The van der Waals surface area contributed by atoms with Crippen molar-refractivity contribution in [2.45, 2.75) is 12.5 Å². The number of imide groups is 1. The van der Waals surface area contributed by atoms with Crippen LogP contribution in [0.25, 0.3) is 0 Å². The summed E-state index contributed by atoms with van der Waals surface area (Å²) < 4.78 is 10.7. The van der Waals surface area contributed by atoms with Crippen LogP contribution in [0.1, 0.15) is 38.7 Å². The van der Waals surface area contributed by atoms with Crippen LogP contribution in [0.3, 0.4) is 0 Å². The van der Waals surface area contributed by atoms with Crippen LogP contribution in [0.15, 0.2) is 48.5 Å². The lowest BCUT2D eigenvalue weighted by molar-refractivity contribution is -0.121. The van der Waals surface area contributed by atoms with Crippen LogP contribution in [0.5, 0.6) is 5.75 Å². The van der Waals surface area contributed by atoms with Crippen molar-refractivity contribution < 1.29 is 23.9 Å². The number of morpholine rings is 1. The molecular formula is C24H27N3O5. The number of rotatable bonds is 8. The fourth-order valence-corrected chi connectivity index (χ4v) is 4.13. The second kappa shape index (κ2) is 9.93. The summed E-state index contributed by atoms with van der Waals surface area (Å²) in [6, 6.07) is 14.5. The Morgan fingerprint density at radius 3 is 2.25 bits per heavy atom. The van der Waals surface area contributed by atoms with Crippen molar-refractivity contribution in [3.8, 4) is 5.75 Å². The molecule has 1 saturated heterocycles. The van der Waals surface area contributed by atoms with Crippen molar-refractivity contribution in [3.05, 3.63) is 65.2 Å². The number of hydrogen-bond donors (Lipinski definition) is 1. The van der Waals surface area contributed by atoms with Gasteiger partial charge in [0.05, 0.1) is 37.5 Å². The first kappa shape index (κ1) is 22.0. The molecule has 8 nitrogen and oxygen atoms in total. The van der Waals surface area contributed by atoms with Gasteiger partial charge in [-0.25, -0.2) is 0 Å². The highest BCUT2D eigenvalue weighted by Gasteiger charge is 2.35. The maximum absolute atomic E-state index is 12.6. The number of hydrogen-bond acceptors (Lipinski definition) is 6. The minimum Gasteiger partial charge on any atom is -0.497 e. The van der Waals surface area contributed by atoms with E-state index in [9.17, 15) is 14.4 Å². The van der Waals surface area contributed by atoms with Gasteiger partial charge >= 0.3 is 0 Å². The third-order valence-electron chi connectivity index (χ3n) is 5.92. The van der Waals surface area contributed by atoms with E-state index in [1.54, 1.807) is 31.4 Å². The molecule has 1 fully saturated rings. The van der Waals surface area contributed by atoms with Gasteiger partial charge < -0.3 is 14.8 Å². The van der Waals surface area contributed by atoms with Gasteiger partial charge in [-0.1, -0.05) is 24.3 Å². The van der Waals surface area contributed by atoms with Crippen molar-refractivity contribution >= 4 is 17.7 Å². The van der Waals surface area contributed by atoms with Crippen LogP contribution in [0.2, 0.25) is 0 Å². The van der Waals surface area contributed by atoms with Crippen LogP contribution in [0.4, 0.5) is 0 Å². The molecule has 8 heteroatoms. The normalized spacial score (nSPS) is 17.2. The van der Waals surface area contributed by atoms with Gasteiger partial charge in [0, 0.05) is 32.6 Å². The summed E-state index contributed by atoms with van der Waals surface area (Å²) in [5, 5.41) is 2.98. The molecule has 3 amide bonds. The molecule has 0 bridgehead atoms. The Labute approximate surface area is 187 Å². The first-order valence-corrected chi connectivity index (χ1v) is 10.8. The molecule has 2 aromatic carbocycles. The number of amides is 3. The fraction of sp³-hybridized carbons (Fsp3) is 0.375. The third kappa shape index (κ3) is 4.66. The van der Waals surface area contributed by atoms with E-state index in [1.165, 1.54) is 0 Å². The number of ether oxygens (including phenoxy) is 2. The second-order valence-corrected chi connectivity index (χ2v) is 7.80. The first-order chi connectivity index (χ1) is 15.6. The van der Waals surface area contributed by atoms with Crippen LogP contribution in [-0.4, -0.2) is 74.0 Å². The molecule has 168 valence electrons. The van der Waals surface area contributed by atoms with Gasteiger partial charge in [-0.15, -0.1) is 0 Å². The third-order valence-corrected chi connectivity index (χ3v) is 5.92. The Balaban J connectivity index is 1.36. The summed E-state index contributed by atoms with van der Waals surface area (Å²) in [4.78, 5) is 41.0. The minimum atomic E-state index is -0.345. The lowest BCUT2D eigenvalue weighted by Gasteiger charge is -2.35. The molecule has 32 heavy (non-hydrogen) atoms. The predicted molar refractivity (Wildman–Crippen MR) is 118 cm³/mol. The zero-order valence-electron chi connectivity index (χ0n) is 18.1. The Hall–Kier alpha value is -3.23. The Morgan fingerprint density at radius 2 is 1.66 bits per heavy atom. The lowest BCUT2D eigenvalue weighted by Crippen LogP contribution is -2.44. The van der Waals surface area contributed by atoms with Crippen molar-refractivity contribution in [1.82, 2.24) is 15.1 Å². The van der Waals surface area contributed by atoms with Crippen LogP contribution in [0, 0.1) is 0 Å². The van der Waals surface area contributed by atoms with E-state index >= 15 is 0 Å². The number of nitrogens with one attached hydrogen (secondary N) is 1. The van der Waals surface area contributed by atoms with Crippen molar-refractivity contribution in [2.24, 2.45) is 0 Å². The molecule has 4 rings (SSSR count). The molecule has 0 radical (unpaired) electrons. The highest BCUT2D eigenvalue weighted by molar-refractivity contribution is 6.21. The molecule has 1 unspecified atom stereocenters. The Morgan fingerprint density at radius 1 is 1.03 bits per heavy atom. The predicted octanol–water partition coefficient (Wildman–Crippen LogP) is 1.87. The number of benzene rings is 2. The molecule has 2 heterocycles. The van der Waals surface area contributed by atoms with Gasteiger partial charge in [0.15, 0.2) is 0 Å². The lowest BCUT2D eigenvalue weighted by atomic mass is 10.0. The molecule has 2 aliphatic heterocycles. The molecule has 2 aliphatic rings. The van der Waals surface area contributed by atoms with Crippen molar-refractivity contribution in [3.63, 3.8) is 0 Å². The number of fused-ring (bicyclic) bond motifs is 1. The van der Waals surface area contributed by atoms with Gasteiger partial charge in [-0.2, -0.15) is 0 Å². The maximum Gasteiger partial charge on any atom is 0.261 e. The van der Waals surface area contributed by atoms with Gasteiger partial charge in [-0.3, -0.25) is 24.2 Å². The topological polar surface area (TPSA) is 88.2 Å². The van der Waals surface area contributed by atoms with Crippen LogP contribution in [-0.2, 0) is 9.53 Å². The first-order valence-electron chi connectivity index (χ1n) is 10.8. The summed E-state index contributed by atoms with van der Waals surface area (Å²) in [5.41, 5.74) is 1.86. The van der Waals surface area contributed by atoms with Gasteiger partial charge in [-0.05, 0) is 29.8 Å². The number of methoxy groups -OCH3 is 1. The van der Waals surface area contributed by atoms with Gasteiger partial charge in [0.25, 0.3) is 11.8 Å². The zero-order chi connectivity index (χ0) is 22.5. The van der Waals surface area contributed by atoms with E-state index in [4.69, 9.17) is 9.47 Å². The summed E-state index contributed by atoms with van der Waals surface area (Å²) in [6.45, 7) is 3.35. The SMILES string of the molecule is COc1ccc(C(CNC(=O)CCN2C(=O)c3ccccc3C2=O)N2CCOCC2)cc1. The summed E-state index contributed by atoms with van der Waals surface area (Å²) in [5.74, 6) is -0.113. The average molecular weight is 437 g/mol. The van der Waals surface area contributed by atoms with E-state index in [1.807, 2.05) is 24.3 Å². The molecule has 0 saturated carbocycles. The molecular weight excluding hydrogens is 410 g/mol. The minimum absolute atomic E-state index is 0.00642. The molecule has 1 atom stereocenters. The van der Waals surface area contributed by atoms with E-state index in [0.717, 1.165) is 29.3 Å². The standard InChI is InChI=1S/C24H27N3O5/c1-31-18-8-6-17(7-9-18)21(26-12-14-32-15-13-26)16-25-22(28)10-11-27-23(29)19-4-2-3-5-20(19)24(27)30/h2-9,21H,10-16H2,1H3,(H,25,28). The second-order valence-electron chi connectivity index (χ2n) is 7.80. The monoisotopic (exact) mass is 437 g/mol. The Bertz CT molecular complexity index is 950. The summed E-state index contributed by atoms with van der Waals surface area (Å²) in [6.07, 6.45) is 0.0594. The molecule has 0 aromatic heterocycles. The summed E-state index contributed by atoms with van der Waals surface area (Å²) >= 11 is 0. The Kier molecular flexibility index (Phi) is 6.82. The fourth-order valence-electron chi connectivity index (χ4n) is 4.13. The van der Waals surface area contributed by atoms with Gasteiger partial charge in [0.1, 0.15) is 5.75 Å². The molecule has 1 N–H and O–H groups in total. The molecule has 2 aromatic rings. The smallest absolute Gasteiger partial charge is 0.261 e. The molecule has 0 spiro atoms. The van der Waals surface area contributed by atoms with Crippen LogP contribution < -0.4 is 10.1 Å². The largest absolute Gasteiger partial charge is 0.497 e. The number of carbonyl (C=O) groups is 3.